The molecule has 2 aromatic heterocycles. The van der Waals surface area contributed by atoms with Crippen molar-refractivity contribution in [2.45, 2.75) is 32.9 Å². The highest BCUT2D eigenvalue weighted by Crippen LogP contribution is 2.07. The van der Waals surface area contributed by atoms with Crippen molar-refractivity contribution in [1.29, 1.82) is 0 Å². The lowest BCUT2D eigenvalue weighted by Gasteiger charge is -2.08. The molecule has 0 fully saturated rings. The summed E-state index contributed by atoms with van der Waals surface area (Å²) in [6.45, 7) is 5.46. The summed E-state index contributed by atoms with van der Waals surface area (Å²) in [4.78, 5) is 4.25. The average molecular weight is 234 g/mol. The minimum absolute atomic E-state index is 0.312. The molecule has 0 saturated carbocycles. The molecular formula is C11H18N6. The van der Waals surface area contributed by atoms with Gasteiger partial charge < -0.3 is 5.73 Å². The van der Waals surface area contributed by atoms with Gasteiger partial charge in [-0.05, 0) is 32.4 Å². The van der Waals surface area contributed by atoms with Gasteiger partial charge in [0.05, 0.1) is 6.20 Å². The lowest BCUT2D eigenvalue weighted by atomic mass is 10.3. The third-order valence-corrected chi connectivity index (χ3v) is 2.56. The summed E-state index contributed by atoms with van der Waals surface area (Å²) in [7, 11) is 0. The van der Waals surface area contributed by atoms with Crippen LogP contribution in [0.15, 0.2) is 18.7 Å². The summed E-state index contributed by atoms with van der Waals surface area (Å²) < 4.78 is 3.78. The molecule has 2 heterocycles. The van der Waals surface area contributed by atoms with E-state index in [9.17, 15) is 0 Å². The van der Waals surface area contributed by atoms with Crippen LogP contribution < -0.4 is 5.73 Å². The van der Waals surface area contributed by atoms with Gasteiger partial charge in [-0.2, -0.15) is 10.2 Å². The van der Waals surface area contributed by atoms with Gasteiger partial charge in [-0.3, -0.25) is 4.68 Å². The molecule has 6 nitrogen and oxygen atoms in total. The number of nitrogens with two attached hydrogens (primary N) is 1. The molecule has 0 radical (unpaired) electrons. The average Bonchev–Trinajstić information content (AvgIpc) is 2.89. The summed E-state index contributed by atoms with van der Waals surface area (Å²) in [6, 6.07) is 0.312. The Morgan fingerprint density at radius 1 is 1.35 bits per heavy atom. The molecule has 0 saturated heterocycles. The largest absolute Gasteiger partial charge is 0.330 e. The van der Waals surface area contributed by atoms with E-state index in [1.165, 1.54) is 0 Å². The maximum atomic E-state index is 5.51. The second kappa shape index (κ2) is 5.09. The van der Waals surface area contributed by atoms with Crippen molar-refractivity contribution < 1.29 is 0 Å². The fraction of sp³-hybridized carbons (Fsp3) is 0.545. The first-order valence-electron chi connectivity index (χ1n) is 5.80. The predicted molar refractivity (Wildman–Crippen MR) is 64.5 cm³/mol. The number of hydrogen-bond acceptors (Lipinski definition) is 4. The van der Waals surface area contributed by atoms with Crippen LogP contribution in [0.2, 0.25) is 0 Å². The molecule has 2 N–H and O–H groups in total. The molecule has 17 heavy (non-hydrogen) atoms. The van der Waals surface area contributed by atoms with Gasteiger partial charge in [0, 0.05) is 12.2 Å². The first-order valence-corrected chi connectivity index (χ1v) is 5.80. The van der Waals surface area contributed by atoms with E-state index in [0.717, 1.165) is 17.8 Å². The highest BCUT2D eigenvalue weighted by molar-refractivity contribution is 5.05. The highest BCUT2D eigenvalue weighted by Gasteiger charge is 2.08. The monoisotopic (exact) mass is 234 g/mol. The topological polar surface area (TPSA) is 74.5 Å². The van der Waals surface area contributed by atoms with Crippen molar-refractivity contribution in [2.75, 3.05) is 6.54 Å². The van der Waals surface area contributed by atoms with Crippen LogP contribution in [-0.2, 0) is 13.0 Å². The summed E-state index contributed by atoms with van der Waals surface area (Å²) >= 11 is 0. The smallest absolute Gasteiger partial charge is 0.148 e. The Balaban J connectivity index is 2.11. The third kappa shape index (κ3) is 2.71. The van der Waals surface area contributed by atoms with Crippen LogP contribution in [0.1, 0.15) is 31.3 Å². The Morgan fingerprint density at radius 2 is 2.18 bits per heavy atom. The van der Waals surface area contributed by atoms with Crippen molar-refractivity contribution in [3.05, 3.63) is 30.1 Å². The predicted octanol–water partition coefficient (Wildman–Crippen LogP) is 0.605. The first-order chi connectivity index (χ1) is 8.20. The molecule has 6 heteroatoms. The van der Waals surface area contributed by atoms with E-state index in [4.69, 9.17) is 5.73 Å². The molecule has 0 aliphatic heterocycles. The normalized spacial score (nSPS) is 11.3. The Hall–Kier alpha value is -1.69. The number of aromatic nitrogens is 5. The van der Waals surface area contributed by atoms with Crippen LogP contribution >= 0.6 is 0 Å². The molecule has 92 valence electrons. The van der Waals surface area contributed by atoms with E-state index in [1.54, 1.807) is 6.33 Å². The molecule has 0 spiro atoms. The van der Waals surface area contributed by atoms with Crippen LogP contribution in [0.3, 0.4) is 0 Å². The van der Waals surface area contributed by atoms with Gasteiger partial charge in [-0.1, -0.05) is 0 Å². The highest BCUT2D eigenvalue weighted by atomic mass is 15.4. The lowest BCUT2D eigenvalue weighted by molar-refractivity contribution is 0.488. The van der Waals surface area contributed by atoms with E-state index in [0.29, 0.717) is 19.1 Å². The molecular weight excluding hydrogens is 216 g/mol. The Labute approximate surface area is 100 Å². The SMILES string of the molecule is CC(C)n1ncnc1Cn1cc(CCN)cn1. The lowest BCUT2D eigenvalue weighted by Crippen LogP contribution is -2.12. The Bertz CT molecular complexity index is 470. The van der Waals surface area contributed by atoms with E-state index < -0.39 is 0 Å². The van der Waals surface area contributed by atoms with Crippen molar-refractivity contribution in [1.82, 2.24) is 24.5 Å². The molecule has 0 bridgehead atoms. The summed E-state index contributed by atoms with van der Waals surface area (Å²) in [5.41, 5.74) is 6.66. The zero-order chi connectivity index (χ0) is 12.3. The fourth-order valence-corrected chi connectivity index (χ4v) is 1.75. The van der Waals surface area contributed by atoms with Crippen LogP contribution in [0.25, 0.3) is 0 Å². The molecule has 0 aliphatic carbocycles. The van der Waals surface area contributed by atoms with Gasteiger partial charge in [-0.15, -0.1) is 0 Å². The number of hydrogen-bond donors (Lipinski definition) is 1. The second-order valence-electron chi connectivity index (χ2n) is 4.30. The number of rotatable bonds is 5. The Morgan fingerprint density at radius 3 is 2.88 bits per heavy atom. The zero-order valence-electron chi connectivity index (χ0n) is 10.2. The molecule has 0 aromatic carbocycles. The maximum absolute atomic E-state index is 5.51. The van der Waals surface area contributed by atoms with E-state index in [2.05, 4.69) is 29.0 Å². The molecule has 0 atom stereocenters. The molecule has 0 unspecified atom stereocenters. The van der Waals surface area contributed by atoms with Crippen molar-refractivity contribution in [3.63, 3.8) is 0 Å². The van der Waals surface area contributed by atoms with Gasteiger partial charge in [0.15, 0.2) is 0 Å². The standard InChI is InChI=1S/C11H18N6/c1-9(2)17-11(13-8-15-17)7-16-6-10(3-4-12)5-14-16/h5-6,8-9H,3-4,7,12H2,1-2H3. The van der Waals surface area contributed by atoms with Crippen LogP contribution in [0.4, 0.5) is 0 Å². The fourth-order valence-electron chi connectivity index (χ4n) is 1.75. The van der Waals surface area contributed by atoms with Gasteiger partial charge in [-0.25, -0.2) is 9.67 Å². The second-order valence-corrected chi connectivity index (χ2v) is 4.30. The minimum Gasteiger partial charge on any atom is -0.330 e. The van der Waals surface area contributed by atoms with E-state index in [-0.39, 0.29) is 0 Å². The van der Waals surface area contributed by atoms with Gasteiger partial charge in [0.1, 0.15) is 18.7 Å². The molecule has 2 rings (SSSR count). The van der Waals surface area contributed by atoms with E-state index >= 15 is 0 Å². The van der Waals surface area contributed by atoms with Gasteiger partial charge in [0.2, 0.25) is 0 Å². The summed E-state index contributed by atoms with van der Waals surface area (Å²) in [5.74, 6) is 0.919. The maximum Gasteiger partial charge on any atom is 0.148 e. The van der Waals surface area contributed by atoms with Crippen molar-refractivity contribution in [3.8, 4) is 0 Å². The van der Waals surface area contributed by atoms with E-state index in [1.807, 2.05) is 21.8 Å². The quantitative estimate of drug-likeness (QED) is 0.822. The third-order valence-electron chi connectivity index (χ3n) is 2.56. The van der Waals surface area contributed by atoms with Crippen LogP contribution in [0.5, 0.6) is 0 Å². The van der Waals surface area contributed by atoms with Crippen LogP contribution in [-0.4, -0.2) is 31.1 Å². The van der Waals surface area contributed by atoms with Gasteiger partial charge in [0.25, 0.3) is 0 Å². The summed E-state index contributed by atoms with van der Waals surface area (Å²) in [6.07, 6.45) is 6.30. The zero-order valence-corrected chi connectivity index (χ0v) is 10.2. The van der Waals surface area contributed by atoms with Crippen molar-refractivity contribution >= 4 is 0 Å². The minimum atomic E-state index is 0.312. The first kappa shape index (κ1) is 11.8. The Kier molecular flexibility index (Phi) is 3.53. The molecule has 2 aromatic rings. The number of nitrogens with zero attached hydrogens (tertiary/aromatic N) is 5. The van der Waals surface area contributed by atoms with Gasteiger partial charge >= 0.3 is 0 Å². The summed E-state index contributed by atoms with van der Waals surface area (Å²) in [5, 5.41) is 8.49. The molecule has 0 aliphatic rings. The van der Waals surface area contributed by atoms with Crippen LogP contribution in [0, 0.1) is 0 Å². The molecule has 0 amide bonds. The van der Waals surface area contributed by atoms with Crippen molar-refractivity contribution in [2.24, 2.45) is 5.73 Å².